The van der Waals surface area contributed by atoms with Crippen LogP contribution in [0.25, 0.3) is 0 Å². The van der Waals surface area contributed by atoms with E-state index in [4.69, 9.17) is 9.47 Å². The lowest BCUT2D eigenvalue weighted by Gasteiger charge is -2.06. The molecule has 0 atom stereocenters. The molecule has 8 heteroatoms. The number of ether oxygens (including phenoxy) is 2. The first kappa shape index (κ1) is 20.8. The van der Waals surface area contributed by atoms with Gasteiger partial charge >= 0.3 is 0 Å². The van der Waals surface area contributed by atoms with Gasteiger partial charge in [0.05, 0.1) is 19.9 Å². The second kappa shape index (κ2) is 10.6. The van der Waals surface area contributed by atoms with Crippen molar-refractivity contribution >= 4 is 23.7 Å². The Labute approximate surface area is 163 Å². The molecule has 0 saturated carbocycles. The highest BCUT2D eigenvalue weighted by atomic mass is 16.5. The number of methoxy groups -OCH3 is 1. The van der Waals surface area contributed by atoms with E-state index in [1.807, 2.05) is 6.92 Å². The van der Waals surface area contributed by atoms with Gasteiger partial charge in [-0.15, -0.1) is 0 Å². The summed E-state index contributed by atoms with van der Waals surface area (Å²) < 4.78 is 10.3. The van der Waals surface area contributed by atoms with Crippen LogP contribution in [-0.2, 0) is 9.59 Å². The van der Waals surface area contributed by atoms with Crippen molar-refractivity contribution in [2.75, 3.05) is 19.0 Å². The number of rotatable bonds is 9. The van der Waals surface area contributed by atoms with Crippen molar-refractivity contribution in [3.63, 3.8) is 0 Å². The topological polar surface area (TPSA) is 109 Å². The predicted molar refractivity (Wildman–Crippen MR) is 106 cm³/mol. The van der Waals surface area contributed by atoms with Gasteiger partial charge in [0, 0.05) is 18.5 Å². The molecule has 0 unspecified atom stereocenters. The molecule has 0 heterocycles. The Morgan fingerprint density at radius 3 is 2.50 bits per heavy atom. The van der Waals surface area contributed by atoms with Gasteiger partial charge in [0.2, 0.25) is 11.8 Å². The number of hydrogen-bond donors (Lipinski definition) is 3. The van der Waals surface area contributed by atoms with Crippen molar-refractivity contribution < 1.29 is 24.2 Å². The SMILES string of the molecule is CCOc1cc(C=NNC(=O)CCC(=O)Nc2ccc(OC)cc2)ccc1O. The van der Waals surface area contributed by atoms with Crippen LogP contribution >= 0.6 is 0 Å². The molecule has 0 aliphatic rings. The predicted octanol–water partition coefficient (Wildman–Crippen LogP) is 2.67. The van der Waals surface area contributed by atoms with Gasteiger partial charge in [0.25, 0.3) is 0 Å². The van der Waals surface area contributed by atoms with Crippen LogP contribution in [0.1, 0.15) is 25.3 Å². The third kappa shape index (κ3) is 6.64. The fraction of sp³-hybridized carbons (Fsp3) is 0.250. The summed E-state index contributed by atoms with van der Waals surface area (Å²) in [6, 6.07) is 11.6. The van der Waals surface area contributed by atoms with Crippen LogP contribution in [0.15, 0.2) is 47.6 Å². The molecule has 2 aromatic rings. The summed E-state index contributed by atoms with van der Waals surface area (Å²) in [6.45, 7) is 2.23. The fourth-order valence-electron chi connectivity index (χ4n) is 2.24. The molecule has 3 N–H and O–H groups in total. The number of nitrogens with one attached hydrogen (secondary N) is 2. The molecule has 0 aliphatic heterocycles. The summed E-state index contributed by atoms with van der Waals surface area (Å²) >= 11 is 0. The van der Waals surface area contributed by atoms with Crippen LogP contribution < -0.4 is 20.2 Å². The highest BCUT2D eigenvalue weighted by Crippen LogP contribution is 2.26. The first-order valence-electron chi connectivity index (χ1n) is 8.73. The smallest absolute Gasteiger partial charge is 0.240 e. The number of carbonyl (C=O) groups is 2. The second-order valence-corrected chi connectivity index (χ2v) is 5.73. The van der Waals surface area contributed by atoms with Crippen molar-refractivity contribution in [3.05, 3.63) is 48.0 Å². The number of phenols is 1. The number of amides is 2. The van der Waals surface area contributed by atoms with Gasteiger partial charge in [-0.3, -0.25) is 9.59 Å². The molecule has 2 amide bonds. The van der Waals surface area contributed by atoms with E-state index in [2.05, 4.69) is 15.8 Å². The normalized spacial score (nSPS) is 10.5. The Morgan fingerprint density at radius 1 is 1.11 bits per heavy atom. The van der Waals surface area contributed by atoms with Crippen molar-refractivity contribution in [3.8, 4) is 17.2 Å². The quantitative estimate of drug-likeness (QED) is 0.454. The largest absolute Gasteiger partial charge is 0.504 e. The number of hydrazone groups is 1. The van der Waals surface area contributed by atoms with Gasteiger partial charge in [-0.2, -0.15) is 5.10 Å². The maximum Gasteiger partial charge on any atom is 0.240 e. The zero-order valence-electron chi connectivity index (χ0n) is 15.8. The molecular formula is C20H23N3O5. The van der Waals surface area contributed by atoms with E-state index >= 15 is 0 Å². The lowest BCUT2D eigenvalue weighted by Crippen LogP contribution is -2.20. The van der Waals surface area contributed by atoms with E-state index in [0.717, 1.165) is 0 Å². The molecule has 2 aromatic carbocycles. The number of nitrogens with zero attached hydrogens (tertiary/aromatic N) is 1. The van der Waals surface area contributed by atoms with E-state index in [1.54, 1.807) is 43.5 Å². The van der Waals surface area contributed by atoms with Gasteiger partial charge in [0.1, 0.15) is 5.75 Å². The molecule has 28 heavy (non-hydrogen) atoms. The molecule has 0 fully saturated rings. The van der Waals surface area contributed by atoms with Crippen LogP contribution in [0, 0.1) is 0 Å². The Bertz CT molecular complexity index is 834. The minimum absolute atomic E-state index is 0.000891. The first-order chi connectivity index (χ1) is 13.5. The lowest BCUT2D eigenvalue weighted by atomic mass is 10.2. The summed E-state index contributed by atoms with van der Waals surface area (Å²) in [7, 11) is 1.56. The number of carbonyl (C=O) groups excluding carboxylic acids is 2. The van der Waals surface area contributed by atoms with Crippen LogP contribution in [-0.4, -0.2) is 36.9 Å². The van der Waals surface area contributed by atoms with Crippen LogP contribution in [0.4, 0.5) is 5.69 Å². The minimum atomic E-state index is -0.384. The number of phenolic OH excluding ortho intramolecular Hbond substituents is 1. The fourth-order valence-corrected chi connectivity index (χ4v) is 2.24. The number of hydrogen-bond acceptors (Lipinski definition) is 6. The average molecular weight is 385 g/mol. The number of aromatic hydroxyl groups is 1. The Hall–Kier alpha value is -3.55. The third-order valence-electron chi connectivity index (χ3n) is 3.64. The lowest BCUT2D eigenvalue weighted by molar-refractivity contribution is -0.124. The van der Waals surface area contributed by atoms with E-state index in [9.17, 15) is 14.7 Å². The van der Waals surface area contributed by atoms with Crippen LogP contribution in [0.5, 0.6) is 17.2 Å². The highest BCUT2D eigenvalue weighted by Gasteiger charge is 2.07. The zero-order chi connectivity index (χ0) is 20.4. The first-order valence-corrected chi connectivity index (χ1v) is 8.73. The van der Waals surface area contributed by atoms with Gasteiger partial charge < -0.3 is 19.9 Å². The molecule has 0 saturated heterocycles. The van der Waals surface area contributed by atoms with Crippen molar-refractivity contribution in [2.24, 2.45) is 5.10 Å². The maximum absolute atomic E-state index is 11.9. The minimum Gasteiger partial charge on any atom is -0.504 e. The molecule has 0 bridgehead atoms. The number of benzene rings is 2. The molecule has 148 valence electrons. The molecule has 0 aliphatic carbocycles. The molecule has 0 radical (unpaired) electrons. The summed E-state index contributed by atoms with van der Waals surface area (Å²) in [6.07, 6.45) is 1.46. The average Bonchev–Trinajstić information content (AvgIpc) is 2.69. The molecular weight excluding hydrogens is 362 g/mol. The van der Waals surface area contributed by atoms with Crippen molar-refractivity contribution in [1.29, 1.82) is 0 Å². The summed E-state index contributed by atoms with van der Waals surface area (Å²) in [5.74, 6) is 0.408. The molecule has 8 nitrogen and oxygen atoms in total. The van der Waals surface area contributed by atoms with E-state index in [0.29, 0.717) is 29.4 Å². The van der Waals surface area contributed by atoms with Crippen molar-refractivity contribution in [1.82, 2.24) is 5.43 Å². The van der Waals surface area contributed by atoms with Gasteiger partial charge in [-0.05, 0) is 55.0 Å². The second-order valence-electron chi connectivity index (χ2n) is 5.73. The molecule has 0 aromatic heterocycles. The number of anilines is 1. The Kier molecular flexibility index (Phi) is 7.83. The van der Waals surface area contributed by atoms with Gasteiger partial charge in [-0.25, -0.2) is 5.43 Å². The standard InChI is InChI=1S/C20H23N3O5/c1-3-28-18-12-14(4-9-17(18)24)13-21-23-20(26)11-10-19(25)22-15-5-7-16(27-2)8-6-15/h4-9,12-13,24H,3,10-11H2,1-2H3,(H,22,25)(H,23,26). The van der Waals surface area contributed by atoms with Gasteiger partial charge in [-0.1, -0.05) is 0 Å². The summed E-state index contributed by atoms with van der Waals surface area (Å²) in [5, 5.41) is 16.2. The summed E-state index contributed by atoms with van der Waals surface area (Å²) in [5.41, 5.74) is 3.64. The van der Waals surface area contributed by atoms with E-state index < -0.39 is 0 Å². The van der Waals surface area contributed by atoms with Gasteiger partial charge in [0.15, 0.2) is 11.5 Å². The van der Waals surface area contributed by atoms with E-state index in [-0.39, 0.29) is 30.4 Å². The molecule has 0 spiro atoms. The Morgan fingerprint density at radius 2 is 1.82 bits per heavy atom. The molecule has 2 rings (SSSR count). The van der Waals surface area contributed by atoms with Crippen LogP contribution in [0.3, 0.4) is 0 Å². The van der Waals surface area contributed by atoms with Crippen LogP contribution in [0.2, 0.25) is 0 Å². The third-order valence-corrected chi connectivity index (χ3v) is 3.64. The Balaban J connectivity index is 1.76. The summed E-state index contributed by atoms with van der Waals surface area (Å²) in [4.78, 5) is 23.7. The van der Waals surface area contributed by atoms with Crippen molar-refractivity contribution in [2.45, 2.75) is 19.8 Å². The monoisotopic (exact) mass is 385 g/mol. The highest BCUT2D eigenvalue weighted by molar-refractivity contribution is 5.93. The maximum atomic E-state index is 11.9. The zero-order valence-corrected chi connectivity index (χ0v) is 15.8. The van der Waals surface area contributed by atoms with E-state index in [1.165, 1.54) is 12.3 Å².